The fourth-order valence-electron chi connectivity index (χ4n) is 2.35. The maximum absolute atomic E-state index is 11.9. The van der Waals surface area contributed by atoms with Crippen LogP contribution in [0.3, 0.4) is 0 Å². The number of nitrogens with zero attached hydrogens (tertiary/aromatic N) is 1. The van der Waals surface area contributed by atoms with E-state index in [4.69, 9.17) is 4.74 Å². The number of hydrogen-bond acceptors (Lipinski definition) is 3. The van der Waals surface area contributed by atoms with E-state index in [0.717, 1.165) is 24.3 Å². The average molecular weight is 286 g/mol. The minimum atomic E-state index is 0.00990. The Labute approximate surface area is 125 Å². The van der Waals surface area contributed by atoms with E-state index in [-0.39, 0.29) is 11.6 Å². The minimum Gasteiger partial charge on any atom is -0.496 e. The summed E-state index contributed by atoms with van der Waals surface area (Å²) >= 11 is 0. The SMILES string of the molecule is CCCNC(Cn1ccccc1=O)c1ccccc1OC. The molecule has 21 heavy (non-hydrogen) atoms. The zero-order chi connectivity index (χ0) is 15.1. The van der Waals surface area contributed by atoms with Crippen molar-refractivity contribution < 1.29 is 4.74 Å². The van der Waals surface area contributed by atoms with E-state index in [1.165, 1.54) is 0 Å². The maximum atomic E-state index is 11.9. The standard InChI is InChI=1S/C17H22N2O2/c1-3-11-18-15(13-19-12-7-6-10-17(19)20)14-8-4-5-9-16(14)21-2/h4-10,12,15,18H,3,11,13H2,1-2H3. The van der Waals surface area contributed by atoms with Crippen molar-refractivity contribution in [2.75, 3.05) is 13.7 Å². The Morgan fingerprint density at radius 3 is 2.67 bits per heavy atom. The molecule has 0 amide bonds. The first-order valence-electron chi connectivity index (χ1n) is 7.28. The first-order chi connectivity index (χ1) is 10.3. The fraction of sp³-hybridized carbons (Fsp3) is 0.353. The van der Waals surface area contributed by atoms with Crippen LogP contribution in [0.2, 0.25) is 0 Å². The van der Waals surface area contributed by atoms with Crippen LogP contribution in [-0.2, 0) is 6.54 Å². The molecule has 0 aliphatic heterocycles. The summed E-state index contributed by atoms with van der Waals surface area (Å²) in [5.74, 6) is 0.843. The highest BCUT2D eigenvalue weighted by molar-refractivity contribution is 5.35. The predicted molar refractivity (Wildman–Crippen MR) is 84.7 cm³/mol. The average Bonchev–Trinajstić information content (AvgIpc) is 2.53. The molecular formula is C17H22N2O2. The van der Waals surface area contributed by atoms with Crippen LogP contribution in [0.15, 0.2) is 53.5 Å². The number of para-hydroxylation sites is 1. The molecule has 0 bridgehead atoms. The molecule has 0 saturated heterocycles. The molecule has 1 heterocycles. The zero-order valence-electron chi connectivity index (χ0n) is 12.6. The van der Waals surface area contributed by atoms with Crippen molar-refractivity contribution >= 4 is 0 Å². The van der Waals surface area contributed by atoms with Crippen molar-refractivity contribution in [2.24, 2.45) is 0 Å². The number of hydrogen-bond donors (Lipinski definition) is 1. The molecule has 0 aliphatic carbocycles. The van der Waals surface area contributed by atoms with E-state index in [0.29, 0.717) is 6.54 Å². The molecule has 2 rings (SSSR count). The molecule has 112 valence electrons. The quantitative estimate of drug-likeness (QED) is 0.851. The first kappa shape index (κ1) is 15.3. The number of pyridine rings is 1. The van der Waals surface area contributed by atoms with Gasteiger partial charge in [0.05, 0.1) is 13.2 Å². The summed E-state index contributed by atoms with van der Waals surface area (Å²) in [6.07, 6.45) is 2.85. The Hall–Kier alpha value is -2.07. The number of rotatable bonds is 7. The highest BCUT2D eigenvalue weighted by Gasteiger charge is 2.16. The Morgan fingerprint density at radius 1 is 1.19 bits per heavy atom. The highest BCUT2D eigenvalue weighted by atomic mass is 16.5. The topological polar surface area (TPSA) is 43.3 Å². The predicted octanol–water partition coefficient (Wildman–Crippen LogP) is 2.60. The molecule has 0 fully saturated rings. The lowest BCUT2D eigenvalue weighted by molar-refractivity contribution is 0.387. The number of ether oxygens (including phenoxy) is 1. The molecule has 4 heteroatoms. The van der Waals surface area contributed by atoms with Gasteiger partial charge in [-0.25, -0.2) is 0 Å². The van der Waals surface area contributed by atoms with Crippen LogP contribution in [0.5, 0.6) is 5.75 Å². The lowest BCUT2D eigenvalue weighted by Crippen LogP contribution is -2.30. The van der Waals surface area contributed by atoms with Crippen molar-refractivity contribution in [3.05, 3.63) is 64.6 Å². The summed E-state index contributed by atoms with van der Waals surface area (Å²) < 4.78 is 7.17. The fourth-order valence-corrected chi connectivity index (χ4v) is 2.35. The van der Waals surface area contributed by atoms with Gasteiger partial charge in [0, 0.05) is 24.4 Å². The van der Waals surface area contributed by atoms with Crippen LogP contribution in [0.1, 0.15) is 24.9 Å². The van der Waals surface area contributed by atoms with Crippen molar-refractivity contribution in [3.8, 4) is 5.75 Å². The molecule has 1 unspecified atom stereocenters. The molecule has 2 aromatic rings. The number of nitrogens with one attached hydrogen (secondary N) is 1. The van der Waals surface area contributed by atoms with Crippen molar-refractivity contribution in [2.45, 2.75) is 25.9 Å². The van der Waals surface area contributed by atoms with Crippen molar-refractivity contribution in [1.82, 2.24) is 9.88 Å². The maximum Gasteiger partial charge on any atom is 0.250 e. The van der Waals surface area contributed by atoms with E-state index >= 15 is 0 Å². The molecule has 1 aromatic heterocycles. The summed E-state index contributed by atoms with van der Waals surface area (Å²) in [5, 5.41) is 3.50. The third kappa shape index (κ3) is 3.95. The molecule has 1 aromatic carbocycles. The Morgan fingerprint density at radius 2 is 1.95 bits per heavy atom. The van der Waals surface area contributed by atoms with Gasteiger partial charge in [0.2, 0.25) is 0 Å². The van der Waals surface area contributed by atoms with Crippen LogP contribution >= 0.6 is 0 Å². The van der Waals surface area contributed by atoms with Crippen LogP contribution in [0.4, 0.5) is 0 Å². The van der Waals surface area contributed by atoms with E-state index in [2.05, 4.69) is 12.2 Å². The summed E-state index contributed by atoms with van der Waals surface area (Å²) in [7, 11) is 1.67. The molecule has 0 aliphatic rings. The van der Waals surface area contributed by atoms with Gasteiger partial charge in [-0.05, 0) is 25.1 Å². The van der Waals surface area contributed by atoms with Crippen molar-refractivity contribution in [1.29, 1.82) is 0 Å². The summed E-state index contributed by atoms with van der Waals surface area (Å²) in [5.41, 5.74) is 1.08. The van der Waals surface area contributed by atoms with Crippen LogP contribution in [0, 0.1) is 0 Å². The van der Waals surface area contributed by atoms with Crippen LogP contribution in [-0.4, -0.2) is 18.2 Å². The van der Waals surface area contributed by atoms with Crippen molar-refractivity contribution in [3.63, 3.8) is 0 Å². The second-order valence-corrected chi connectivity index (χ2v) is 4.94. The third-order valence-corrected chi connectivity index (χ3v) is 3.43. The Bertz CT molecular complexity index is 622. The molecular weight excluding hydrogens is 264 g/mol. The van der Waals surface area contributed by atoms with E-state index in [9.17, 15) is 4.79 Å². The van der Waals surface area contributed by atoms with E-state index < -0.39 is 0 Å². The first-order valence-corrected chi connectivity index (χ1v) is 7.28. The largest absolute Gasteiger partial charge is 0.496 e. The van der Waals surface area contributed by atoms with Gasteiger partial charge in [0.15, 0.2) is 0 Å². The number of benzene rings is 1. The van der Waals surface area contributed by atoms with Gasteiger partial charge in [-0.1, -0.05) is 31.2 Å². The molecule has 1 N–H and O–H groups in total. The van der Waals surface area contributed by atoms with E-state index in [1.807, 2.05) is 36.5 Å². The lowest BCUT2D eigenvalue weighted by Gasteiger charge is -2.22. The Balaban J connectivity index is 2.30. The van der Waals surface area contributed by atoms with Gasteiger partial charge in [-0.2, -0.15) is 0 Å². The van der Waals surface area contributed by atoms with Gasteiger partial charge in [-0.15, -0.1) is 0 Å². The van der Waals surface area contributed by atoms with Gasteiger partial charge < -0.3 is 14.6 Å². The second-order valence-electron chi connectivity index (χ2n) is 4.94. The highest BCUT2D eigenvalue weighted by Crippen LogP contribution is 2.25. The monoisotopic (exact) mass is 286 g/mol. The van der Waals surface area contributed by atoms with Gasteiger partial charge in [0.1, 0.15) is 5.75 Å². The molecule has 0 radical (unpaired) electrons. The van der Waals surface area contributed by atoms with Gasteiger partial charge in [0.25, 0.3) is 5.56 Å². The molecule has 1 atom stereocenters. The van der Waals surface area contributed by atoms with Crippen LogP contribution in [0.25, 0.3) is 0 Å². The minimum absolute atomic E-state index is 0.00990. The van der Waals surface area contributed by atoms with Crippen LogP contribution < -0.4 is 15.6 Å². The number of methoxy groups -OCH3 is 1. The van der Waals surface area contributed by atoms with E-state index in [1.54, 1.807) is 23.8 Å². The van der Waals surface area contributed by atoms with Gasteiger partial charge >= 0.3 is 0 Å². The summed E-state index contributed by atoms with van der Waals surface area (Å²) in [4.78, 5) is 11.9. The lowest BCUT2D eigenvalue weighted by atomic mass is 10.1. The zero-order valence-corrected chi connectivity index (χ0v) is 12.6. The summed E-state index contributed by atoms with van der Waals surface area (Å²) in [6, 6.07) is 13.2. The second kappa shape index (κ2) is 7.64. The molecule has 0 saturated carbocycles. The number of aromatic nitrogens is 1. The smallest absolute Gasteiger partial charge is 0.250 e. The summed E-state index contributed by atoms with van der Waals surface area (Å²) in [6.45, 7) is 3.60. The molecule has 0 spiro atoms. The third-order valence-electron chi connectivity index (χ3n) is 3.43. The Kier molecular flexibility index (Phi) is 5.58. The molecule has 4 nitrogen and oxygen atoms in total. The van der Waals surface area contributed by atoms with Gasteiger partial charge in [-0.3, -0.25) is 4.79 Å². The normalized spacial score (nSPS) is 12.1.